The smallest absolute Gasteiger partial charge is 0.261 e. The minimum atomic E-state index is -3.87. The molecule has 0 unspecified atom stereocenters. The average Bonchev–Trinajstić information content (AvgIpc) is 2.85. The Hall–Kier alpha value is -3.23. The summed E-state index contributed by atoms with van der Waals surface area (Å²) < 4.78 is 39.0. The predicted octanol–water partition coefficient (Wildman–Crippen LogP) is 5.11. The van der Waals surface area contributed by atoms with Crippen LogP contribution in [-0.2, 0) is 21.2 Å². The molecule has 0 spiro atoms. The number of hydrogen-bond acceptors (Lipinski definition) is 5. The van der Waals surface area contributed by atoms with Gasteiger partial charge < -0.3 is 14.8 Å². The minimum absolute atomic E-state index is 0.0213. The van der Waals surface area contributed by atoms with Gasteiger partial charge in [-0.15, -0.1) is 0 Å². The van der Waals surface area contributed by atoms with Crippen molar-refractivity contribution < 1.29 is 22.7 Å². The number of rotatable bonds is 9. The van der Waals surface area contributed by atoms with E-state index in [1.54, 1.807) is 24.3 Å². The van der Waals surface area contributed by atoms with Gasteiger partial charge in [0.2, 0.25) is 0 Å². The molecule has 35 heavy (non-hydrogen) atoms. The van der Waals surface area contributed by atoms with Crippen LogP contribution in [0.3, 0.4) is 0 Å². The highest BCUT2D eigenvalue weighted by atomic mass is 35.5. The van der Waals surface area contributed by atoms with Crippen molar-refractivity contribution in [2.45, 2.75) is 37.1 Å². The Morgan fingerprint density at radius 1 is 1.06 bits per heavy atom. The fraction of sp³-hybridized carbons (Fsp3) is 0.269. The fourth-order valence-corrected chi connectivity index (χ4v) is 5.43. The second-order valence-electron chi connectivity index (χ2n) is 8.15. The Morgan fingerprint density at radius 2 is 1.83 bits per heavy atom. The number of anilines is 1. The molecular formula is C26H27ClN2O5S. The molecule has 7 nitrogen and oxygen atoms in total. The zero-order valence-electron chi connectivity index (χ0n) is 19.3. The third kappa shape index (κ3) is 6.26. The third-order valence-corrected chi connectivity index (χ3v) is 7.37. The summed E-state index contributed by atoms with van der Waals surface area (Å²) in [6, 6.07) is 18.8. The standard InChI is InChI=1S/C26H27ClN2O5S/c1-2-33-20-12-10-19(11-13-20)29-35(31,32)21-14-15-25(23(27)16-21)34-17-26(30)28-24-9-5-7-18-6-3-4-8-22(18)24/h3-4,6,8,10-16,24,29H,2,5,7,9,17H2,1H3,(H,28,30)/t24-/m0/s1. The van der Waals surface area contributed by atoms with Crippen LogP contribution in [0.5, 0.6) is 11.5 Å². The fourth-order valence-electron chi connectivity index (χ4n) is 4.05. The zero-order valence-corrected chi connectivity index (χ0v) is 20.9. The maximum Gasteiger partial charge on any atom is 0.261 e. The number of amides is 1. The van der Waals surface area contributed by atoms with Gasteiger partial charge in [0.15, 0.2) is 6.61 Å². The highest BCUT2D eigenvalue weighted by molar-refractivity contribution is 7.92. The summed E-state index contributed by atoms with van der Waals surface area (Å²) in [7, 11) is -3.87. The number of nitrogens with one attached hydrogen (secondary N) is 2. The van der Waals surface area contributed by atoms with E-state index < -0.39 is 10.0 Å². The molecule has 0 saturated heterocycles. The molecule has 1 amide bonds. The molecule has 0 saturated carbocycles. The van der Waals surface area contributed by atoms with E-state index in [0.717, 1.165) is 24.8 Å². The monoisotopic (exact) mass is 514 g/mol. The van der Waals surface area contributed by atoms with E-state index in [2.05, 4.69) is 16.1 Å². The quantitative estimate of drug-likeness (QED) is 0.414. The van der Waals surface area contributed by atoms with Gasteiger partial charge in [0.1, 0.15) is 11.5 Å². The van der Waals surface area contributed by atoms with Crippen LogP contribution in [0.2, 0.25) is 5.02 Å². The van der Waals surface area contributed by atoms with Gasteiger partial charge in [-0.3, -0.25) is 9.52 Å². The van der Waals surface area contributed by atoms with Crippen molar-refractivity contribution in [3.8, 4) is 11.5 Å². The van der Waals surface area contributed by atoms with Gasteiger partial charge in [0.25, 0.3) is 15.9 Å². The lowest BCUT2D eigenvalue weighted by Gasteiger charge is -2.26. The van der Waals surface area contributed by atoms with Crippen molar-refractivity contribution in [3.05, 3.63) is 82.9 Å². The van der Waals surface area contributed by atoms with Crippen molar-refractivity contribution in [3.63, 3.8) is 0 Å². The second-order valence-corrected chi connectivity index (χ2v) is 10.2. The first-order valence-electron chi connectivity index (χ1n) is 11.4. The van der Waals surface area contributed by atoms with Gasteiger partial charge in [-0.1, -0.05) is 35.9 Å². The summed E-state index contributed by atoms with van der Waals surface area (Å²) >= 11 is 6.27. The van der Waals surface area contributed by atoms with Gasteiger partial charge in [-0.2, -0.15) is 0 Å². The minimum Gasteiger partial charge on any atom is -0.494 e. The molecule has 0 heterocycles. The molecule has 0 aliphatic heterocycles. The number of carbonyl (C=O) groups is 1. The lowest BCUT2D eigenvalue weighted by Crippen LogP contribution is -2.34. The lowest BCUT2D eigenvalue weighted by atomic mass is 9.88. The van der Waals surface area contributed by atoms with E-state index in [1.807, 2.05) is 25.1 Å². The Balaban J connectivity index is 1.36. The first-order chi connectivity index (χ1) is 16.9. The molecule has 4 rings (SSSR count). The van der Waals surface area contributed by atoms with E-state index in [1.165, 1.54) is 23.8 Å². The van der Waals surface area contributed by atoms with E-state index >= 15 is 0 Å². The van der Waals surface area contributed by atoms with Crippen LogP contribution < -0.4 is 19.5 Å². The first kappa shape index (κ1) is 24.9. The van der Waals surface area contributed by atoms with Crippen molar-refractivity contribution in [2.75, 3.05) is 17.9 Å². The molecule has 1 aliphatic carbocycles. The average molecular weight is 515 g/mol. The van der Waals surface area contributed by atoms with Crippen LogP contribution in [0.1, 0.15) is 36.9 Å². The second kappa shape index (κ2) is 11.0. The summed E-state index contributed by atoms with van der Waals surface area (Å²) in [5.41, 5.74) is 2.79. The molecular weight excluding hydrogens is 488 g/mol. The van der Waals surface area contributed by atoms with Crippen molar-refractivity contribution in [1.29, 1.82) is 0 Å². The SMILES string of the molecule is CCOc1ccc(NS(=O)(=O)c2ccc(OCC(=O)N[C@H]3CCCc4ccccc43)c(Cl)c2)cc1. The molecule has 0 radical (unpaired) electrons. The summed E-state index contributed by atoms with van der Waals surface area (Å²) in [6.45, 7) is 2.17. The first-order valence-corrected chi connectivity index (χ1v) is 13.3. The molecule has 2 N–H and O–H groups in total. The highest BCUT2D eigenvalue weighted by Crippen LogP contribution is 2.30. The molecule has 9 heteroatoms. The van der Waals surface area contributed by atoms with Gasteiger partial charge in [-0.05, 0) is 79.8 Å². The molecule has 0 aromatic heterocycles. The number of fused-ring (bicyclic) bond motifs is 1. The largest absolute Gasteiger partial charge is 0.494 e. The summed E-state index contributed by atoms with van der Waals surface area (Å²) in [5.74, 6) is 0.610. The number of carbonyl (C=O) groups excluding carboxylic acids is 1. The Kier molecular flexibility index (Phi) is 7.83. The number of ether oxygens (including phenoxy) is 2. The Labute approximate surface area is 210 Å². The van der Waals surface area contributed by atoms with Crippen LogP contribution in [-0.4, -0.2) is 27.5 Å². The maximum absolute atomic E-state index is 12.8. The van der Waals surface area contributed by atoms with Gasteiger partial charge in [0.05, 0.1) is 22.6 Å². The number of benzene rings is 3. The molecule has 184 valence electrons. The van der Waals surface area contributed by atoms with Crippen LogP contribution in [0.25, 0.3) is 0 Å². The molecule has 0 bridgehead atoms. The van der Waals surface area contributed by atoms with E-state index in [-0.39, 0.29) is 34.2 Å². The summed E-state index contributed by atoms with van der Waals surface area (Å²) in [4.78, 5) is 12.5. The van der Waals surface area contributed by atoms with E-state index in [9.17, 15) is 13.2 Å². The molecule has 1 aliphatic rings. The topological polar surface area (TPSA) is 93.7 Å². The van der Waals surface area contributed by atoms with Crippen molar-refractivity contribution >= 4 is 33.2 Å². The van der Waals surface area contributed by atoms with Crippen LogP contribution in [0, 0.1) is 0 Å². The third-order valence-electron chi connectivity index (χ3n) is 5.69. The summed E-state index contributed by atoms with van der Waals surface area (Å²) in [5, 5.41) is 3.11. The normalized spacial score (nSPS) is 15.1. The number of sulfonamides is 1. The zero-order chi connectivity index (χ0) is 24.8. The predicted molar refractivity (Wildman–Crippen MR) is 136 cm³/mol. The van der Waals surface area contributed by atoms with Gasteiger partial charge in [0, 0.05) is 5.69 Å². The number of hydrogen-bond donors (Lipinski definition) is 2. The Bertz CT molecular complexity index is 1300. The number of aryl methyl sites for hydroxylation is 1. The highest BCUT2D eigenvalue weighted by Gasteiger charge is 2.22. The van der Waals surface area contributed by atoms with Crippen LogP contribution in [0.4, 0.5) is 5.69 Å². The Morgan fingerprint density at radius 3 is 2.57 bits per heavy atom. The van der Waals surface area contributed by atoms with Gasteiger partial charge >= 0.3 is 0 Å². The van der Waals surface area contributed by atoms with E-state index in [0.29, 0.717) is 18.0 Å². The van der Waals surface area contributed by atoms with Crippen LogP contribution in [0.15, 0.2) is 71.6 Å². The summed E-state index contributed by atoms with van der Waals surface area (Å²) in [6.07, 6.45) is 2.89. The molecule has 0 fully saturated rings. The van der Waals surface area contributed by atoms with Crippen LogP contribution >= 0.6 is 11.6 Å². The molecule has 3 aromatic carbocycles. The van der Waals surface area contributed by atoms with Crippen molar-refractivity contribution in [2.24, 2.45) is 0 Å². The maximum atomic E-state index is 12.8. The van der Waals surface area contributed by atoms with Gasteiger partial charge in [-0.25, -0.2) is 8.42 Å². The number of halogens is 1. The molecule has 3 aromatic rings. The lowest BCUT2D eigenvalue weighted by molar-refractivity contribution is -0.123. The van der Waals surface area contributed by atoms with E-state index in [4.69, 9.17) is 21.1 Å². The molecule has 1 atom stereocenters. The van der Waals surface area contributed by atoms with Crippen molar-refractivity contribution in [1.82, 2.24) is 5.32 Å².